The van der Waals surface area contributed by atoms with E-state index in [-0.39, 0.29) is 29.6 Å². The first-order chi connectivity index (χ1) is 12.8. The standard InChI is InChI=1S/C19H24ClFN4O2/c1-11(2)25-7-6-16(19(25)13-4-5-14(20)15(21)9-13)22-10-18(26)23-17-8-12(3)27-24-17/h4-5,8-9,11,16,19,22H,6-7,10H2,1-3H3,(H,23,24,26)/t16-,19-/m1/s1. The highest BCUT2D eigenvalue weighted by molar-refractivity contribution is 6.30. The van der Waals surface area contributed by atoms with Crippen LogP contribution in [0.5, 0.6) is 0 Å². The summed E-state index contributed by atoms with van der Waals surface area (Å²) in [5.41, 5.74) is 0.855. The Bertz CT molecular complexity index is 811. The first-order valence-corrected chi connectivity index (χ1v) is 9.40. The molecule has 1 fully saturated rings. The fourth-order valence-corrected chi connectivity index (χ4v) is 3.68. The van der Waals surface area contributed by atoms with Crippen LogP contribution in [0.2, 0.25) is 5.02 Å². The van der Waals surface area contributed by atoms with E-state index in [0.717, 1.165) is 18.5 Å². The summed E-state index contributed by atoms with van der Waals surface area (Å²) in [7, 11) is 0. The van der Waals surface area contributed by atoms with Crippen LogP contribution >= 0.6 is 11.6 Å². The normalized spacial score (nSPS) is 20.4. The SMILES string of the molecule is Cc1cc(NC(=O)CN[C@@H]2CCN(C(C)C)[C@@H]2c2ccc(Cl)c(F)c2)no1. The summed E-state index contributed by atoms with van der Waals surface area (Å²) in [6.45, 7) is 6.99. The van der Waals surface area contributed by atoms with Crippen molar-refractivity contribution < 1.29 is 13.7 Å². The molecule has 3 rings (SSSR count). The minimum atomic E-state index is -0.428. The summed E-state index contributed by atoms with van der Waals surface area (Å²) in [5.74, 6) is 0.396. The second kappa shape index (κ2) is 8.37. The molecule has 0 spiro atoms. The van der Waals surface area contributed by atoms with E-state index in [9.17, 15) is 9.18 Å². The average molecular weight is 395 g/mol. The smallest absolute Gasteiger partial charge is 0.239 e. The Morgan fingerprint density at radius 1 is 1.44 bits per heavy atom. The number of benzene rings is 1. The maximum atomic E-state index is 14.0. The number of rotatable bonds is 6. The quantitative estimate of drug-likeness (QED) is 0.784. The molecule has 1 aliphatic heterocycles. The lowest BCUT2D eigenvalue weighted by Crippen LogP contribution is -2.41. The Morgan fingerprint density at radius 2 is 2.22 bits per heavy atom. The van der Waals surface area contributed by atoms with Gasteiger partial charge >= 0.3 is 0 Å². The fourth-order valence-electron chi connectivity index (χ4n) is 3.57. The Morgan fingerprint density at radius 3 is 2.85 bits per heavy atom. The Kier molecular flexibility index (Phi) is 6.14. The predicted molar refractivity (Wildman–Crippen MR) is 102 cm³/mol. The van der Waals surface area contributed by atoms with Crippen LogP contribution in [0.25, 0.3) is 0 Å². The molecule has 6 nitrogen and oxygen atoms in total. The molecule has 1 amide bonds. The van der Waals surface area contributed by atoms with Crippen LogP contribution in [0.4, 0.5) is 10.2 Å². The van der Waals surface area contributed by atoms with Crippen molar-refractivity contribution in [1.82, 2.24) is 15.4 Å². The molecule has 2 N–H and O–H groups in total. The number of halogens is 2. The number of nitrogens with one attached hydrogen (secondary N) is 2. The molecule has 1 aromatic heterocycles. The molecule has 0 bridgehead atoms. The highest BCUT2D eigenvalue weighted by Gasteiger charge is 2.36. The molecule has 2 heterocycles. The summed E-state index contributed by atoms with van der Waals surface area (Å²) in [6, 6.07) is 6.88. The van der Waals surface area contributed by atoms with E-state index in [2.05, 4.69) is 34.5 Å². The molecular weight excluding hydrogens is 371 g/mol. The van der Waals surface area contributed by atoms with Crippen molar-refractivity contribution in [2.24, 2.45) is 0 Å². The van der Waals surface area contributed by atoms with Crippen molar-refractivity contribution in [3.05, 3.63) is 46.4 Å². The van der Waals surface area contributed by atoms with Gasteiger partial charge in [-0.05, 0) is 44.9 Å². The summed E-state index contributed by atoms with van der Waals surface area (Å²) >= 11 is 5.83. The second-order valence-corrected chi connectivity index (χ2v) is 7.50. The highest BCUT2D eigenvalue weighted by atomic mass is 35.5. The highest BCUT2D eigenvalue weighted by Crippen LogP contribution is 2.35. The van der Waals surface area contributed by atoms with Crippen LogP contribution in [0.15, 0.2) is 28.8 Å². The Labute approximate surface area is 163 Å². The number of nitrogens with zero attached hydrogens (tertiary/aromatic N) is 2. The molecule has 1 saturated heterocycles. The fraction of sp³-hybridized carbons (Fsp3) is 0.474. The summed E-state index contributed by atoms with van der Waals surface area (Å²) < 4.78 is 18.9. The Balaban J connectivity index is 1.69. The van der Waals surface area contributed by atoms with Crippen LogP contribution in [0, 0.1) is 12.7 Å². The van der Waals surface area contributed by atoms with E-state index >= 15 is 0 Å². The van der Waals surface area contributed by atoms with Crippen LogP contribution in [-0.4, -0.2) is 41.1 Å². The molecule has 8 heteroatoms. The van der Waals surface area contributed by atoms with Crippen LogP contribution in [0.1, 0.15) is 37.6 Å². The third-order valence-electron chi connectivity index (χ3n) is 4.81. The Hall–Kier alpha value is -1.96. The van der Waals surface area contributed by atoms with Gasteiger partial charge in [0.1, 0.15) is 11.6 Å². The predicted octanol–water partition coefficient (Wildman–Crippen LogP) is 3.53. The van der Waals surface area contributed by atoms with Crippen molar-refractivity contribution in [3.8, 4) is 0 Å². The third-order valence-corrected chi connectivity index (χ3v) is 5.11. The zero-order chi connectivity index (χ0) is 19.6. The number of anilines is 1. The first kappa shape index (κ1) is 19.8. The molecule has 146 valence electrons. The van der Waals surface area contributed by atoms with E-state index in [1.54, 1.807) is 19.1 Å². The van der Waals surface area contributed by atoms with Gasteiger partial charge in [-0.15, -0.1) is 0 Å². The largest absolute Gasteiger partial charge is 0.360 e. The number of carbonyl (C=O) groups is 1. The van der Waals surface area contributed by atoms with Gasteiger partial charge in [0.05, 0.1) is 17.6 Å². The van der Waals surface area contributed by atoms with Gasteiger partial charge in [0, 0.05) is 24.7 Å². The lowest BCUT2D eigenvalue weighted by molar-refractivity contribution is -0.115. The van der Waals surface area contributed by atoms with E-state index in [0.29, 0.717) is 17.6 Å². The van der Waals surface area contributed by atoms with Crippen molar-refractivity contribution in [2.75, 3.05) is 18.4 Å². The molecule has 0 unspecified atom stereocenters. The van der Waals surface area contributed by atoms with Crippen LogP contribution in [0.3, 0.4) is 0 Å². The minimum Gasteiger partial charge on any atom is -0.360 e. The number of aromatic nitrogens is 1. The number of amides is 1. The van der Waals surface area contributed by atoms with Gasteiger partial charge in [-0.25, -0.2) is 4.39 Å². The molecule has 2 atom stereocenters. The summed E-state index contributed by atoms with van der Waals surface area (Å²) in [6.07, 6.45) is 0.865. The molecule has 1 aromatic carbocycles. The molecule has 27 heavy (non-hydrogen) atoms. The maximum absolute atomic E-state index is 14.0. The van der Waals surface area contributed by atoms with Gasteiger partial charge in [0.25, 0.3) is 0 Å². The molecule has 2 aromatic rings. The van der Waals surface area contributed by atoms with Gasteiger partial charge in [0.2, 0.25) is 5.91 Å². The number of hydrogen-bond donors (Lipinski definition) is 2. The molecule has 0 saturated carbocycles. The van der Waals surface area contributed by atoms with Crippen molar-refractivity contribution in [3.63, 3.8) is 0 Å². The minimum absolute atomic E-state index is 0.0257. The lowest BCUT2D eigenvalue weighted by atomic mass is 9.99. The van der Waals surface area contributed by atoms with Crippen molar-refractivity contribution >= 4 is 23.3 Å². The van der Waals surface area contributed by atoms with Crippen molar-refractivity contribution in [2.45, 2.75) is 45.3 Å². The monoisotopic (exact) mass is 394 g/mol. The number of likely N-dealkylation sites (tertiary alicyclic amines) is 1. The maximum Gasteiger partial charge on any atom is 0.239 e. The van der Waals surface area contributed by atoms with Crippen LogP contribution in [-0.2, 0) is 4.79 Å². The molecule has 0 radical (unpaired) electrons. The lowest BCUT2D eigenvalue weighted by Gasteiger charge is -2.32. The third kappa shape index (κ3) is 4.66. The molecule has 0 aliphatic carbocycles. The average Bonchev–Trinajstić information content (AvgIpc) is 3.21. The van der Waals surface area contributed by atoms with Crippen molar-refractivity contribution in [1.29, 1.82) is 0 Å². The first-order valence-electron chi connectivity index (χ1n) is 9.02. The number of aryl methyl sites for hydroxylation is 1. The van der Waals surface area contributed by atoms with E-state index in [1.807, 2.05) is 6.07 Å². The van der Waals surface area contributed by atoms with Gasteiger partial charge in [0.15, 0.2) is 5.82 Å². The topological polar surface area (TPSA) is 70.4 Å². The van der Waals surface area contributed by atoms with E-state index in [4.69, 9.17) is 16.1 Å². The zero-order valence-electron chi connectivity index (χ0n) is 15.6. The number of hydrogen-bond acceptors (Lipinski definition) is 5. The zero-order valence-corrected chi connectivity index (χ0v) is 16.4. The number of carbonyl (C=O) groups excluding carboxylic acids is 1. The van der Waals surface area contributed by atoms with Crippen LogP contribution < -0.4 is 10.6 Å². The van der Waals surface area contributed by atoms with Gasteiger partial charge in [-0.3, -0.25) is 9.69 Å². The summed E-state index contributed by atoms with van der Waals surface area (Å²) in [4.78, 5) is 14.5. The van der Waals surface area contributed by atoms with Gasteiger partial charge in [-0.2, -0.15) is 0 Å². The molecule has 1 aliphatic rings. The van der Waals surface area contributed by atoms with Gasteiger partial charge < -0.3 is 15.2 Å². The van der Waals surface area contributed by atoms with Gasteiger partial charge in [-0.1, -0.05) is 22.8 Å². The molecular formula is C19H24ClFN4O2. The van der Waals surface area contributed by atoms with E-state index in [1.165, 1.54) is 6.07 Å². The van der Waals surface area contributed by atoms with E-state index < -0.39 is 5.82 Å². The summed E-state index contributed by atoms with van der Waals surface area (Å²) in [5, 5.41) is 9.87. The second-order valence-electron chi connectivity index (χ2n) is 7.10.